The van der Waals surface area contributed by atoms with E-state index >= 15 is 0 Å². The SMILES string of the molecule is CC1(C)O[C@@H]2O[C@H](CO[Si](C)(C)C(C)(C)C)[C@@H](O)[C@H]2O1. The molecule has 0 aliphatic carbocycles. The zero-order valence-corrected chi connectivity index (χ0v) is 14.6. The van der Waals surface area contributed by atoms with Crippen LogP contribution in [0.15, 0.2) is 0 Å². The fourth-order valence-corrected chi connectivity index (χ4v) is 3.22. The van der Waals surface area contributed by atoms with Gasteiger partial charge in [-0.05, 0) is 32.0 Å². The van der Waals surface area contributed by atoms with Crippen LogP contribution in [-0.2, 0) is 18.6 Å². The minimum Gasteiger partial charge on any atom is -0.414 e. The Balaban J connectivity index is 1.91. The Bertz CT molecular complexity index is 363. The molecule has 2 rings (SSSR count). The highest BCUT2D eigenvalue weighted by Crippen LogP contribution is 2.40. The molecule has 2 heterocycles. The van der Waals surface area contributed by atoms with Crippen LogP contribution in [0.5, 0.6) is 0 Å². The molecular formula is C14H28O5Si. The van der Waals surface area contributed by atoms with Crippen molar-refractivity contribution in [2.75, 3.05) is 6.61 Å². The van der Waals surface area contributed by atoms with Crippen LogP contribution in [0.1, 0.15) is 34.6 Å². The second kappa shape index (κ2) is 5.03. The summed E-state index contributed by atoms with van der Waals surface area (Å²) < 4.78 is 23.1. The third kappa shape index (κ3) is 3.10. The lowest BCUT2D eigenvalue weighted by molar-refractivity contribution is -0.217. The summed E-state index contributed by atoms with van der Waals surface area (Å²) in [5.74, 6) is -0.693. The second-order valence-electron chi connectivity index (χ2n) is 7.70. The van der Waals surface area contributed by atoms with Crippen LogP contribution < -0.4 is 0 Å². The minimum atomic E-state index is -1.84. The number of ether oxygens (including phenoxy) is 3. The molecule has 6 heteroatoms. The van der Waals surface area contributed by atoms with Crippen LogP contribution in [0.4, 0.5) is 0 Å². The first-order valence-corrected chi connectivity index (χ1v) is 10.2. The molecule has 2 aliphatic heterocycles. The molecule has 0 spiro atoms. The van der Waals surface area contributed by atoms with Crippen LogP contribution in [0.2, 0.25) is 18.1 Å². The summed E-state index contributed by atoms with van der Waals surface area (Å²) in [6.07, 6.45) is -1.99. The van der Waals surface area contributed by atoms with Gasteiger partial charge in [-0.1, -0.05) is 20.8 Å². The third-order valence-electron chi connectivity index (χ3n) is 4.53. The molecule has 0 bridgehead atoms. The maximum absolute atomic E-state index is 10.3. The number of aliphatic hydroxyl groups excluding tert-OH is 1. The molecule has 0 unspecified atom stereocenters. The third-order valence-corrected chi connectivity index (χ3v) is 9.03. The Kier molecular flexibility index (Phi) is 4.13. The molecule has 2 aliphatic rings. The Morgan fingerprint density at radius 2 is 1.80 bits per heavy atom. The topological polar surface area (TPSA) is 57.2 Å². The summed E-state index contributed by atoms with van der Waals surface area (Å²) in [5.41, 5.74) is 0. The molecule has 0 radical (unpaired) electrons. The van der Waals surface area contributed by atoms with E-state index in [4.69, 9.17) is 18.6 Å². The van der Waals surface area contributed by atoms with E-state index in [1.54, 1.807) is 0 Å². The van der Waals surface area contributed by atoms with Gasteiger partial charge in [-0.2, -0.15) is 0 Å². The standard InChI is InChI=1S/C14H28O5Si/c1-13(2,3)20(6,7)16-8-9-10(15)11-12(17-9)19-14(4,5)18-11/h9-12,15H,8H2,1-7H3/t9-,10-,11-,12+/m1/s1. The van der Waals surface area contributed by atoms with Gasteiger partial charge in [0.2, 0.25) is 0 Å². The van der Waals surface area contributed by atoms with Crippen molar-refractivity contribution < 1.29 is 23.7 Å². The average molecular weight is 304 g/mol. The van der Waals surface area contributed by atoms with Gasteiger partial charge in [0, 0.05) is 0 Å². The van der Waals surface area contributed by atoms with Gasteiger partial charge in [-0.25, -0.2) is 0 Å². The predicted octanol–water partition coefficient (Wildman–Crippen LogP) is 2.25. The summed E-state index contributed by atoms with van der Waals surface area (Å²) in [7, 11) is -1.84. The van der Waals surface area contributed by atoms with Gasteiger partial charge < -0.3 is 23.7 Å². The maximum atomic E-state index is 10.3. The molecule has 0 amide bonds. The number of fused-ring (bicyclic) bond motifs is 1. The van der Waals surface area contributed by atoms with E-state index in [-0.39, 0.29) is 11.1 Å². The summed E-state index contributed by atoms with van der Waals surface area (Å²) in [4.78, 5) is 0. The largest absolute Gasteiger partial charge is 0.414 e. The lowest BCUT2D eigenvalue weighted by Crippen LogP contribution is -2.45. The second-order valence-corrected chi connectivity index (χ2v) is 12.5. The molecule has 2 saturated heterocycles. The van der Waals surface area contributed by atoms with E-state index < -0.39 is 32.6 Å². The van der Waals surface area contributed by atoms with Gasteiger partial charge in [0.15, 0.2) is 20.4 Å². The van der Waals surface area contributed by atoms with Gasteiger partial charge in [0.1, 0.15) is 18.3 Å². The van der Waals surface area contributed by atoms with Crippen molar-refractivity contribution in [3.8, 4) is 0 Å². The number of aliphatic hydroxyl groups is 1. The molecule has 0 aromatic rings. The lowest BCUT2D eigenvalue weighted by Gasteiger charge is -2.37. The van der Waals surface area contributed by atoms with E-state index in [1.165, 1.54) is 0 Å². The van der Waals surface area contributed by atoms with Gasteiger partial charge >= 0.3 is 0 Å². The molecule has 1 N–H and O–H groups in total. The number of hydrogen-bond donors (Lipinski definition) is 1. The highest BCUT2D eigenvalue weighted by molar-refractivity contribution is 6.74. The number of rotatable bonds is 3. The van der Waals surface area contributed by atoms with E-state index in [0.29, 0.717) is 6.61 Å². The van der Waals surface area contributed by atoms with E-state index in [2.05, 4.69) is 33.9 Å². The normalized spacial score (nSPS) is 37.2. The summed E-state index contributed by atoms with van der Waals surface area (Å²) in [6.45, 7) is 15.0. The van der Waals surface area contributed by atoms with E-state index in [1.807, 2.05) is 13.8 Å². The fraction of sp³-hybridized carbons (Fsp3) is 1.00. The van der Waals surface area contributed by atoms with Gasteiger partial charge in [0.25, 0.3) is 0 Å². The van der Waals surface area contributed by atoms with Crippen molar-refractivity contribution in [1.82, 2.24) is 0 Å². The zero-order chi connectivity index (χ0) is 15.3. The van der Waals surface area contributed by atoms with Crippen molar-refractivity contribution in [2.45, 2.75) is 83.1 Å². The lowest BCUT2D eigenvalue weighted by atomic mass is 10.1. The molecule has 0 saturated carbocycles. The first-order valence-electron chi connectivity index (χ1n) is 7.26. The Morgan fingerprint density at radius 1 is 1.20 bits per heavy atom. The zero-order valence-electron chi connectivity index (χ0n) is 13.6. The smallest absolute Gasteiger partial charge is 0.192 e. The quantitative estimate of drug-likeness (QED) is 0.810. The fourth-order valence-electron chi connectivity index (χ4n) is 2.20. The summed E-state index contributed by atoms with van der Waals surface area (Å²) >= 11 is 0. The van der Waals surface area contributed by atoms with Crippen molar-refractivity contribution in [3.63, 3.8) is 0 Å². The first kappa shape index (κ1) is 16.4. The first-order chi connectivity index (χ1) is 8.93. The van der Waals surface area contributed by atoms with Crippen LogP contribution in [0.25, 0.3) is 0 Å². The Hall–Kier alpha value is 0.0169. The van der Waals surface area contributed by atoms with Gasteiger partial charge in [0.05, 0.1) is 6.61 Å². The van der Waals surface area contributed by atoms with Crippen LogP contribution in [0.3, 0.4) is 0 Å². The molecule has 0 aromatic heterocycles. The molecule has 0 aromatic carbocycles. The highest BCUT2D eigenvalue weighted by atomic mass is 28.4. The molecule has 118 valence electrons. The van der Waals surface area contributed by atoms with Crippen LogP contribution >= 0.6 is 0 Å². The average Bonchev–Trinajstić information content (AvgIpc) is 2.69. The highest BCUT2D eigenvalue weighted by Gasteiger charge is 2.54. The molecule has 2 fully saturated rings. The Morgan fingerprint density at radius 3 is 2.30 bits per heavy atom. The van der Waals surface area contributed by atoms with Gasteiger partial charge in [-0.15, -0.1) is 0 Å². The van der Waals surface area contributed by atoms with E-state index in [9.17, 15) is 5.11 Å². The van der Waals surface area contributed by atoms with Crippen molar-refractivity contribution in [3.05, 3.63) is 0 Å². The molecule has 5 nitrogen and oxygen atoms in total. The Labute approximate surface area is 122 Å². The predicted molar refractivity (Wildman–Crippen MR) is 77.9 cm³/mol. The molecule has 20 heavy (non-hydrogen) atoms. The summed E-state index contributed by atoms with van der Waals surface area (Å²) in [5, 5.41) is 10.4. The maximum Gasteiger partial charge on any atom is 0.192 e. The monoisotopic (exact) mass is 304 g/mol. The van der Waals surface area contributed by atoms with Crippen LogP contribution in [-0.4, -0.2) is 50.4 Å². The van der Waals surface area contributed by atoms with E-state index in [0.717, 1.165) is 0 Å². The summed E-state index contributed by atoms with van der Waals surface area (Å²) in [6, 6.07) is 0. The van der Waals surface area contributed by atoms with Gasteiger partial charge in [-0.3, -0.25) is 0 Å². The van der Waals surface area contributed by atoms with Crippen molar-refractivity contribution >= 4 is 8.32 Å². The minimum absolute atomic E-state index is 0.140. The van der Waals surface area contributed by atoms with Crippen molar-refractivity contribution in [1.29, 1.82) is 0 Å². The number of hydrogen-bond acceptors (Lipinski definition) is 5. The van der Waals surface area contributed by atoms with Crippen molar-refractivity contribution in [2.24, 2.45) is 0 Å². The molecular weight excluding hydrogens is 276 g/mol. The van der Waals surface area contributed by atoms with Crippen LogP contribution in [0, 0.1) is 0 Å². The molecule has 4 atom stereocenters.